The van der Waals surface area contributed by atoms with E-state index in [1.165, 1.54) is 0 Å². The molecule has 5 heteroatoms. The van der Waals surface area contributed by atoms with Crippen LogP contribution < -0.4 is 5.32 Å². The van der Waals surface area contributed by atoms with Crippen LogP contribution in [0.4, 0.5) is 10.5 Å². The quantitative estimate of drug-likeness (QED) is 0.910. The number of rotatable bonds is 3. The summed E-state index contributed by atoms with van der Waals surface area (Å²) < 4.78 is 5.01. The predicted molar refractivity (Wildman–Crippen MR) is 74.2 cm³/mol. The first kappa shape index (κ1) is 13.6. The van der Waals surface area contributed by atoms with Crippen molar-refractivity contribution in [3.8, 4) is 0 Å². The average Bonchev–Trinajstić information content (AvgIpc) is 2.40. The summed E-state index contributed by atoms with van der Waals surface area (Å²) in [4.78, 5) is 17.5. The third-order valence-electron chi connectivity index (χ3n) is 3.29. The molecule has 1 aliphatic rings. The van der Waals surface area contributed by atoms with Crippen molar-refractivity contribution >= 4 is 11.8 Å². The second kappa shape index (κ2) is 6.41. The van der Waals surface area contributed by atoms with E-state index in [0.717, 1.165) is 37.3 Å². The average molecular weight is 263 g/mol. The lowest BCUT2D eigenvalue weighted by Crippen LogP contribution is -2.42. The summed E-state index contributed by atoms with van der Waals surface area (Å²) in [5, 5.41) is 3.49. The summed E-state index contributed by atoms with van der Waals surface area (Å²) >= 11 is 0. The van der Waals surface area contributed by atoms with E-state index in [9.17, 15) is 4.79 Å². The van der Waals surface area contributed by atoms with Gasteiger partial charge in [0.05, 0.1) is 6.61 Å². The minimum Gasteiger partial charge on any atom is -0.450 e. The second-order valence-electron chi connectivity index (χ2n) is 4.79. The fraction of sp³-hybridized carbons (Fsp3) is 0.571. The molecule has 1 aromatic rings. The number of ether oxygens (including phenoxy) is 1. The van der Waals surface area contributed by atoms with Crippen molar-refractivity contribution in [1.82, 2.24) is 9.88 Å². The summed E-state index contributed by atoms with van der Waals surface area (Å²) in [6.07, 6.45) is 3.51. The Labute approximate surface area is 114 Å². The largest absolute Gasteiger partial charge is 0.450 e. The molecular weight excluding hydrogens is 242 g/mol. The summed E-state index contributed by atoms with van der Waals surface area (Å²) in [5.74, 6) is 0. The Morgan fingerprint density at radius 2 is 2.26 bits per heavy atom. The SMILES string of the molecule is CCOC(=O)N1CCC(Nc2ccnc(C)c2)CC1. The number of likely N-dealkylation sites (tertiary alicyclic amines) is 1. The summed E-state index contributed by atoms with van der Waals surface area (Å²) in [6.45, 7) is 5.75. The Bertz CT molecular complexity index is 428. The molecule has 0 aromatic carbocycles. The number of nitrogens with zero attached hydrogens (tertiary/aromatic N) is 2. The van der Waals surface area contributed by atoms with Crippen LogP contribution in [0.2, 0.25) is 0 Å². The molecule has 1 aliphatic heterocycles. The fourth-order valence-corrected chi connectivity index (χ4v) is 2.29. The monoisotopic (exact) mass is 263 g/mol. The first-order chi connectivity index (χ1) is 9.19. The van der Waals surface area contributed by atoms with Gasteiger partial charge in [-0.1, -0.05) is 0 Å². The normalized spacial score (nSPS) is 16.2. The summed E-state index contributed by atoms with van der Waals surface area (Å²) in [6, 6.07) is 4.43. The third kappa shape index (κ3) is 3.84. The topological polar surface area (TPSA) is 54.5 Å². The van der Waals surface area contributed by atoms with Crippen LogP contribution in [0.3, 0.4) is 0 Å². The number of hydrogen-bond donors (Lipinski definition) is 1. The van der Waals surface area contributed by atoms with Crippen LogP contribution >= 0.6 is 0 Å². The van der Waals surface area contributed by atoms with Crippen LogP contribution in [0.1, 0.15) is 25.5 Å². The standard InChI is InChI=1S/C14H21N3O2/c1-3-19-14(18)17-8-5-12(6-9-17)16-13-4-7-15-11(2)10-13/h4,7,10,12H,3,5-6,8-9H2,1-2H3,(H,15,16). The lowest BCUT2D eigenvalue weighted by Gasteiger charge is -2.32. The highest BCUT2D eigenvalue weighted by Crippen LogP contribution is 2.17. The molecule has 1 N–H and O–H groups in total. The van der Waals surface area contributed by atoms with Crippen LogP contribution in [0.5, 0.6) is 0 Å². The van der Waals surface area contributed by atoms with E-state index in [4.69, 9.17) is 4.74 Å². The minimum absolute atomic E-state index is 0.194. The molecule has 1 amide bonds. The molecule has 1 saturated heterocycles. The zero-order valence-electron chi connectivity index (χ0n) is 11.6. The predicted octanol–water partition coefficient (Wildman–Crippen LogP) is 2.42. The number of aromatic nitrogens is 1. The Morgan fingerprint density at radius 3 is 2.89 bits per heavy atom. The van der Waals surface area contributed by atoms with Crippen molar-refractivity contribution in [3.05, 3.63) is 24.0 Å². The van der Waals surface area contributed by atoms with Gasteiger partial charge < -0.3 is 15.0 Å². The van der Waals surface area contributed by atoms with Crippen molar-refractivity contribution in [3.63, 3.8) is 0 Å². The van der Waals surface area contributed by atoms with Crippen LogP contribution in [-0.2, 0) is 4.74 Å². The zero-order valence-corrected chi connectivity index (χ0v) is 11.6. The van der Waals surface area contributed by atoms with Crippen LogP contribution in [-0.4, -0.2) is 41.7 Å². The van der Waals surface area contributed by atoms with E-state index < -0.39 is 0 Å². The van der Waals surface area contributed by atoms with Gasteiger partial charge in [-0.25, -0.2) is 4.79 Å². The van der Waals surface area contributed by atoms with Crippen LogP contribution in [0, 0.1) is 6.92 Å². The van der Waals surface area contributed by atoms with E-state index in [1.54, 1.807) is 4.90 Å². The Morgan fingerprint density at radius 1 is 1.53 bits per heavy atom. The van der Waals surface area contributed by atoms with Gasteiger partial charge in [0.1, 0.15) is 0 Å². The van der Waals surface area contributed by atoms with Crippen molar-refractivity contribution in [2.24, 2.45) is 0 Å². The van der Waals surface area contributed by atoms with E-state index >= 15 is 0 Å². The lowest BCUT2D eigenvalue weighted by atomic mass is 10.1. The number of carbonyl (C=O) groups excluding carboxylic acids is 1. The maximum absolute atomic E-state index is 11.6. The molecule has 104 valence electrons. The van der Waals surface area contributed by atoms with Gasteiger partial charge >= 0.3 is 6.09 Å². The molecule has 1 fully saturated rings. The molecule has 1 aromatic heterocycles. The van der Waals surface area contributed by atoms with Gasteiger partial charge in [-0.15, -0.1) is 0 Å². The molecule has 2 rings (SSSR count). The molecule has 0 spiro atoms. The Hall–Kier alpha value is -1.78. The maximum Gasteiger partial charge on any atom is 0.409 e. The van der Waals surface area contributed by atoms with Crippen molar-refractivity contribution in [2.75, 3.05) is 25.0 Å². The molecular formula is C14H21N3O2. The van der Waals surface area contributed by atoms with Gasteiger partial charge in [0, 0.05) is 36.7 Å². The minimum atomic E-state index is -0.194. The van der Waals surface area contributed by atoms with Gasteiger partial charge in [0.25, 0.3) is 0 Å². The molecule has 0 radical (unpaired) electrons. The number of aryl methyl sites for hydroxylation is 1. The van der Waals surface area contributed by atoms with Crippen LogP contribution in [0.25, 0.3) is 0 Å². The number of carbonyl (C=O) groups is 1. The second-order valence-corrected chi connectivity index (χ2v) is 4.79. The number of hydrogen-bond acceptors (Lipinski definition) is 4. The Kier molecular flexibility index (Phi) is 4.60. The maximum atomic E-state index is 11.6. The van der Waals surface area contributed by atoms with Gasteiger partial charge in [-0.05, 0) is 38.8 Å². The van der Waals surface area contributed by atoms with E-state index in [1.807, 2.05) is 32.2 Å². The Balaban J connectivity index is 1.82. The lowest BCUT2D eigenvalue weighted by molar-refractivity contribution is 0.0983. The van der Waals surface area contributed by atoms with Crippen molar-refractivity contribution in [2.45, 2.75) is 32.7 Å². The molecule has 0 saturated carbocycles. The smallest absolute Gasteiger partial charge is 0.409 e. The first-order valence-electron chi connectivity index (χ1n) is 6.80. The highest BCUT2D eigenvalue weighted by molar-refractivity contribution is 5.67. The molecule has 5 nitrogen and oxygen atoms in total. The number of amides is 1. The van der Waals surface area contributed by atoms with E-state index in [0.29, 0.717) is 12.6 Å². The number of piperidine rings is 1. The van der Waals surface area contributed by atoms with Crippen molar-refractivity contribution < 1.29 is 9.53 Å². The van der Waals surface area contributed by atoms with E-state index in [2.05, 4.69) is 10.3 Å². The molecule has 0 bridgehead atoms. The van der Waals surface area contributed by atoms with Gasteiger partial charge in [-0.2, -0.15) is 0 Å². The zero-order chi connectivity index (χ0) is 13.7. The summed E-state index contributed by atoms with van der Waals surface area (Å²) in [7, 11) is 0. The van der Waals surface area contributed by atoms with Crippen molar-refractivity contribution in [1.29, 1.82) is 0 Å². The molecule has 0 aliphatic carbocycles. The third-order valence-corrected chi connectivity index (χ3v) is 3.29. The number of pyridine rings is 1. The fourth-order valence-electron chi connectivity index (χ4n) is 2.29. The molecule has 19 heavy (non-hydrogen) atoms. The van der Waals surface area contributed by atoms with Crippen LogP contribution in [0.15, 0.2) is 18.3 Å². The van der Waals surface area contributed by atoms with Gasteiger partial charge in [0.2, 0.25) is 0 Å². The molecule has 2 heterocycles. The van der Waals surface area contributed by atoms with Gasteiger partial charge in [0.15, 0.2) is 0 Å². The number of anilines is 1. The molecule has 0 unspecified atom stereocenters. The first-order valence-corrected chi connectivity index (χ1v) is 6.80. The summed E-state index contributed by atoms with van der Waals surface area (Å²) in [5.41, 5.74) is 2.11. The van der Waals surface area contributed by atoms with Gasteiger partial charge in [-0.3, -0.25) is 4.98 Å². The molecule has 0 atom stereocenters. The highest BCUT2D eigenvalue weighted by Gasteiger charge is 2.23. The highest BCUT2D eigenvalue weighted by atomic mass is 16.6. The number of nitrogens with one attached hydrogen (secondary N) is 1. The van der Waals surface area contributed by atoms with E-state index in [-0.39, 0.29) is 6.09 Å².